The smallest absolute Gasteiger partial charge is 0.275 e. The van der Waals surface area contributed by atoms with Crippen molar-refractivity contribution in [1.29, 1.82) is 0 Å². The van der Waals surface area contributed by atoms with Gasteiger partial charge in [0.1, 0.15) is 5.54 Å². The van der Waals surface area contributed by atoms with Crippen molar-refractivity contribution >= 4 is 17.5 Å². The Balaban J connectivity index is 1.37. The third-order valence-electron chi connectivity index (χ3n) is 6.41. The van der Waals surface area contributed by atoms with Gasteiger partial charge in [-0.05, 0) is 43.7 Å². The summed E-state index contributed by atoms with van der Waals surface area (Å²) in [5.41, 5.74) is 1.48. The lowest BCUT2D eigenvalue weighted by atomic mass is 9.85. The van der Waals surface area contributed by atoms with Gasteiger partial charge in [0.2, 0.25) is 5.91 Å². The molecule has 0 N–H and O–H groups in total. The molecule has 154 valence electrons. The van der Waals surface area contributed by atoms with E-state index in [2.05, 4.69) is 22.2 Å². The van der Waals surface area contributed by atoms with Crippen LogP contribution in [0.3, 0.4) is 0 Å². The van der Waals surface area contributed by atoms with Crippen LogP contribution in [0, 0.1) is 0 Å². The maximum absolute atomic E-state index is 13.6. The van der Waals surface area contributed by atoms with Crippen LogP contribution in [0.5, 0.6) is 0 Å². The lowest BCUT2D eigenvalue weighted by molar-refractivity contribution is -0.145. The van der Waals surface area contributed by atoms with Gasteiger partial charge in [-0.3, -0.25) is 9.59 Å². The molecule has 2 aliphatic heterocycles. The molecule has 0 saturated carbocycles. The molecule has 1 aromatic carbocycles. The van der Waals surface area contributed by atoms with Gasteiger partial charge in [-0.25, -0.2) is 9.50 Å². The molecule has 1 unspecified atom stereocenters. The first-order valence-corrected chi connectivity index (χ1v) is 10.6. The van der Waals surface area contributed by atoms with Crippen molar-refractivity contribution < 1.29 is 9.59 Å². The van der Waals surface area contributed by atoms with Crippen molar-refractivity contribution in [1.82, 2.24) is 24.4 Å². The average molecular weight is 403 g/mol. The van der Waals surface area contributed by atoms with Crippen LogP contribution < -0.4 is 0 Å². The molecule has 7 heteroatoms. The van der Waals surface area contributed by atoms with Crippen molar-refractivity contribution in [3.8, 4) is 0 Å². The molecule has 2 amide bonds. The number of carbonyl (C=O) groups excluding carboxylic acids is 2. The first kappa shape index (κ1) is 18.8. The molecule has 5 rings (SSSR count). The highest BCUT2D eigenvalue weighted by Crippen LogP contribution is 2.39. The van der Waals surface area contributed by atoms with Gasteiger partial charge >= 0.3 is 0 Å². The Labute approximate surface area is 175 Å². The number of carbonyl (C=O) groups is 2. The number of hydrogen-bond acceptors (Lipinski definition) is 4. The lowest BCUT2D eigenvalue weighted by Gasteiger charge is -2.44. The highest BCUT2D eigenvalue weighted by molar-refractivity contribution is 5.99. The SMILES string of the molecule is O=C(c1cc2ncccn2n1)N1CCCC12CCCN(CCc1ccccc1)C2=O. The Hall–Kier alpha value is -3.22. The minimum absolute atomic E-state index is 0.0948. The van der Waals surface area contributed by atoms with E-state index in [9.17, 15) is 9.59 Å². The van der Waals surface area contributed by atoms with Gasteiger partial charge in [-0.2, -0.15) is 5.10 Å². The van der Waals surface area contributed by atoms with E-state index in [1.165, 1.54) is 5.56 Å². The van der Waals surface area contributed by atoms with Gasteiger partial charge in [0.15, 0.2) is 11.3 Å². The predicted molar refractivity (Wildman–Crippen MR) is 112 cm³/mol. The number of benzene rings is 1. The zero-order valence-corrected chi connectivity index (χ0v) is 16.9. The van der Waals surface area contributed by atoms with E-state index >= 15 is 0 Å². The number of hydrogen-bond donors (Lipinski definition) is 0. The van der Waals surface area contributed by atoms with Crippen molar-refractivity contribution in [3.05, 3.63) is 66.1 Å². The first-order valence-electron chi connectivity index (χ1n) is 10.6. The summed E-state index contributed by atoms with van der Waals surface area (Å²) in [5.74, 6) is -0.0753. The molecule has 1 spiro atoms. The Kier molecular flexibility index (Phi) is 4.73. The number of amides is 2. The molecule has 2 saturated heterocycles. The molecule has 2 aliphatic rings. The second kappa shape index (κ2) is 7.55. The van der Waals surface area contributed by atoms with Crippen molar-refractivity contribution in [3.63, 3.8) is 0 Å². The monoisotopic (exact) mass is 403 g/mol. The molecule has 30 heavy (non-hydrogen) atoms. The summed E-state index contributed by atoms with van der Waals surface area (Å²) < 4.78 is 1.60. The number of piperidine rings is 1. The van der Waals surface area contributed by atoms with Crippen LogP contribution in [0.25, 0.3) is 5.65 Å². The van der Waals surface area contributed by atoms with E-state index in [1.54, 1.807) is 33.9 Å². The maximum Gasteiger partial charge on any atom is 0.275 e. The van der Waals surface area contributed by atoms with E-state index in [1.807, 2.05) is 23.1 Å². The summed E-state index contributed by atoms with van der Waals surface area (Å²) in [5, 5.41) is 4.39. The third-order valence-corrected chi connectivity index (χ3v) is 6.41. The molecule has 3 aromatic rings. The molecule has 2 aromatic heterocycles. The highest BCUT2D eigenvalue weighted by atomic mass is 16.2. The fraction of sp³-hybridized carbons (Fsp3) is 0.391. The largest absolute Gasteiger partial charge is 0.340 e. The second-order valence-electron chi connectivity index (χ2n) is 8.18. The van der Waals surface area contributed by atoms with Gasteiger partial charge in [0.05, 0.1) is 0 Å². The Morgan fingerprint density at radius 1 is 1.07 bits per heavy atom. The molecule has 2 fully saturated rings. The standard InChI is InChI=1S/C23H25N5O2/c29-21(19-17-20-24-12-6-15-28(20)25-19)27-14-5-11-23(27)10-4-13-26(22(23)30)16-9-18-7-2-1-3-8-18/h1-3,6-8,12,15,17H,4-5,9-11,13-14,16H2. The average Bonchev–Trinajstić information content (AvgIpc) is 3.40. The minimum atomic E-state index is -0.727. The summed E-state index contributed by atoms with van der Waals surface area (Å²) in [6, 6.07) is 13.7. The number of aromatic nitrogens is 3. The molecule has 7 nitrogen and oxygen atoms in total. The van der Waals surface area contributed by atoms with Crippen molar-refractivity contribution in [2.24, 2.45) is 0 Å². The van der Waals surface area contributed by atoms with Crippen LogP contribution in [0.15, 0.2) is 54.9 Å². The molecule has 4 heterocycles. The summed E-state index contributed by atoms with van der Waals surface area (Å²) in [4.78, 5) is 34.9. The van der Waals surface area contributed by atoms with Gasteiger partial charge < -0.3 is 9.80 Å². The van der Waals surface area contributed by atoms with E-state index in [-0.39, 0.29) is 11.8 Å². The molecular weight excluding hydrogens is 378 g/mol. The first-order chi connectivity index (χ1) is 14.7. The van der Waals surface area contributed by atoms with Gasteiger partial charge in [0.25, 0.3) is 5.91 Å². The van der Waals surface area contributed by atoms with Gasteiger partial charge in [-0.1, -0.05) is 30.3 Å². The normalized spacial score (nSPS) is 21.7. The summed E-state index contributed by atoms with van der Waals surface area (Å²) >= 11 is 0. The predicted octanol–water partition coefficient (Wildman–Crippen LogP) is 2.57. The van der Waals surface area contributed by atoms with E-state index in [4.69, 9.17) is 0 Å². The van der Waals surface area contributed by atoms with Crippen LogP contribution in [0.4, 0.5) is 0 Å². The summed E-state index contributed by atoms with van der Waals surface area (Å²) in [6.07, 6.45) is 7.49. The third kappa shape index (κ3) is 3.14. The molecule has 0 radical (unpaired) electrons. The molecule has 0 aliphatic carbocycles. The Bertz CT molecular complexity index is 1050. The van der Waals surface area contributed by atoms with E-state index < -0.39 is 5.54 Å². The van der Waals surface area contributed by atoms with Gasteiger partial charge in [0, 0.05) is 38.1 Å². The van der Waals surface area contributed by atoms with Crippen molar-refractivity contribution in [2.75, 3.05) is 19.6 Å². The van der Waals surface area contributed by atoms with Crippen molar-refractivity contribution in [2.45, 2.75) is 37.6 Å². The lowest BCUT2D eigenvalue weighted by Crippen LogP contribution is -2.61. The Morgan fingerprint density at radius 3 is 2.67 bits per heavy atom. The van der Waals surface area contributed by atoms with Crippen LogP contribution >= 0.6 is 0 Å². The molecule has 0 bridgehead atoms. The minimum Gasteiger partial charge on any atom is -0.340 e. The quantitative estimate of drug-likeness (QED) is 0.671. The zero-order chi connectivity index (χ0) is 20.6. The highest BCUT2D eigenvalue weighted by Gasteiger charge is 2.53. The van der Waals surface area contributed by atoms with Crippen LogP contribution in [0.1, 0.15) is 41.7 Å². The van der Waals surface area contributed by atoms with E-state index in [0.29, 0.717) is 24.4 Å². The second-order valence-corrected chi connectivity index (χ2v) is 8.18. The molecule has 1 atom stereocenters. The Morgan fingerprint density at radius 2 is 1.87 bits per heavy atom. The number of fused-ring (bicyclic) bond motifs is 1. The van der Waals surface area contributed by atoms with E-state index in [0.717, 1.165) is 38.6 Å². The molecular formula is C23H25N5O2. The number of likely N-dealkylation sites (tertiary alicyclic amines) is 2. The van der Waals surface area contributed by atoms with Gasteiger partial charge in [-0.15, -0.1) is 0 Å². The van der Waals surface area contributed by atoms with Crippen LogP contribution in [0.2, 0.25) is 0 Å². The fourth-order valence-corrected chi connectivity index (χ4v) is 4.92. The van der Waals surface area contributed by atoms with Crippen LogP contribution in [-0.2, 0) is 11.2 Å². The topological polar surface area (TPSA) is 70.8 Å². The maximum atomic E-state index is 13.6. The summed E-state index contributed by atoms with van der Waals surface area (Å²) in [7, 11) is 0. The number of nitrogens with zero attached hydrogens (tertiary/aromatic N) is 5. The number of rotatable bonds is 4. The fourth-order valence-electron chi connectivity index (χ4n) is 4.92. The van der Waals surface area contributed by atoms with Crippen LogP contribution in [-0.4, -0.2) is 61.4 Å². The zero-order valence-electron chi connectivity index (χ0n) is 16.9. The summed E-state index contributed by atoms with van der Waals surface area (Å²) in [6.45, 7) is 2.04.